The van der Waals surface area contributed by atoms with Gasteiger partial charge in [0.25, 0.3) is 0 Å². The first kappa shape index (κ1) is 20.9. The molecule has 4 aromatic rings. The summed E-state index contributed by atoms with van der Waals surface area (Å²) in [5, 5.41) is 14.9. The molecule has 0 amide bonds. The molecule has 4 rings (SSSR count). The van der Waals surface area contributed by atoms with Crippen molar-refractivity contribution in [2.75, 3.05) is 13.6 Å². The molecule has 3 heterocycles. The molecule has 0 atom stereocenters. The molecule has 8 nitrogen and oxygen atoms in total. The van der Waals surface area contributed by atoms with Gasteiger partial charge < -0.3 is 20.0 Å². The topological polar surface area (TPSA) is 107 Å². The molecule has 4 N–H and O–H groups in total. The summed E-state index contributed by atoms with van der Waals surface area (Å²) >= 11 is 0. The van der Waals surface area contributed by atoms with Crippen LogP contribution in [0, 0.1) is 6.92 Å². The first-order valence-corrected chi connectivity index (χ1v) is 9.20. The van der Waals surface area contributed by atoms with Crippen LogP contribution in [0.15, 0.2) is 52.1 Å². The Morgan fingerprint density at radius 2 is 2.03 bits per heavy atom. The number of hydrogen-bond donors (Lipinski definition) is 4. The summed E-state index contributed by atoms with van der Waals surface area (Å²) in [5.41, 5.74) is 3.71. The molecule has 0 saturated carbocycles. The maximum Gasteiger partial charge on any atom is 0.216 e. The minimum Gasteiger partial charge on any atom is -0.461 e. The van der Waals surface area contributed by atoms with Gasteiger partial charge in [0, 0.05) is 30.2 Å². The number of halogens is 1. The third-order valence-corrected chi connectivity index (χ3v) is 4.61. The van der Waals surface area contributed by atoms with E-state index in [2.05, 4.69) is 60.9 Å². The number of aromatic nitrogens is 4. The van der Waals surface area contributed by atoms with Gasteiger partial charge in [-0.05, 0) is 37.1 Å². The van der Waals surface area contributed by atoms with Crippen LogP contribution in [0.4, 0.5) is 0 Å². The number of rotatable bonds is 6. The van der Waals surface area contributed by atoms with Gasteiger partial charge in [-0.2, -0.15) is 0 Å². The fourth-order valence-corrected chi connectivity index (χ4v) is 3.24. The lowest BCUT2D eigenvalue weighted by Crippen LogP contribution is -2.38. The zero-order chi connectivity index (χ0) is 19.3. The Bertz CT molecular complexity index is 1080. The minimum absolute atomic E-state index is 0. The predicted octanol–water partition coefficient (Wildman–Crippen LogP) is 3.38. The Morgan fingerprint density at radius 1 is 1.17 bits per heavy atom. The predicted molar refractivity (Wildman–Crippen MR) is 124 cm³/mol. The zero-order valence-corrected chi connectivity index (χ0v) is 18.7. The van der Waals surface area contributed by atoms with Gasteiger partial charge in [-0.1, -0.05) is 18.2 Å². The van der Waals surface area contributed by atoms with Crippen LogP contribution in [0.1, 0.15) is 17.1 Å². The Kier molecular flexibility index (Phi) is 6.91. The number of furan rings is 1. The van der Waals surface area contributed by atoms with E-state index in [0.29, 0.717) is 29.9 Å². The molecule has 29 heavy (non-hydrogen) atoms. The number of guanidine groups is 1. The largest absolute Gasteiger partial charge is 0.461 e. The van der Waals surface area contributed by atoms with E-state index in [4.69, 9.17) is 4.42 Å². The quantitative estimate of drug-likeness (QED) is 0.183. The number of para-hydroxylation sites is 1. The summed E-state index contributed by atoms with van der Waals surface area (Å²) in [6.07, 6.45) is 2.51. The molecule has 0 fully saturated rings. The summed E-state index contributed by atoms with van der Waals surface area (Å²) in [5.74, 6) is 2.61. The summed E-state index contributed by atoms with van der Waals surface area (Å²) in [4.78, 5) is 12.1. The van der Waals surface area contributed by atoms with Crippen LogP contribution in [0.3, 0.4) is 0 Å². The van der Waals surface area contributed by atoms with E-state index in [-0.39, 0.29) is 24.0 Å². The number of nitrogens with one attached hydrogen (secondary N) is 4. The van der Waals surface area contributed by atoms with Crippen molar-refractivity contribution in [2.45, 2.75) is 19.9 Å². The molecule has 152 valence electrons. The molecule has 0 unspecified atom stereocenters. The fraction of sp³-hybridized carbons (Fsp3) is 0.250. The smallest absolute Gasteiger partial charge is 0.216 e. The maximum absolute atomic E-state index is 5.30. The molecule has 9 heteroatoms. The van der Waals surface area contributed by atoms with E-state index >= 15 is 0 Å². The standard InChI is InChI=1S/C20H23N7O.HI/c1-13-14(15-6-3-4-7-16(15)24-13)9-10-22-20(21-2)23-12-18-25-19(27-26-18)17-8-5-11-28-17;/h3-8,11,24H,9-10,12H2,1-2H3,(H2,21,22,23)(H,25,26,27);1H. The number of aliphatic imine (C=N–C) groups is 1. The third kappa shape index (κ3) is 4.78. The van der Waals surface area contributed by atoms with Crippen molar-refractivity contribution in [1.82, 2.24) is 30.8 Å². The third-order valence-electron chi connectivity index (χ3n) is 4.61. The normalized spacial score (nSPS) is 11.4. The van der Waals surface area contributed by atoms with Gasteiger partial charge in [-0.25, -0.2) is 4.98 Å². The van der Waals surface area contributed by atoms with Gasteiger partial charge >= 0.3 is 0 Å². The van der Waals surface area contributed by atoms with Gasteiger partial charge in [0.2, 0.25) is 5.82 Å². The average molecular weight is 505 g/mol. The summed E-state index contributed by atoms with van der Waals surface area (Å²) in [6, 6.07) is 12.0. The van der Waals surface area contributed by atoms with Crippen LogP contribution in [0.5, 0.6) is 0 Å². The molecule has 3 aromatic heterocycles. The highest BCUT2D eigenvalue weighted by Gasteiger charge is 2.10. The summed E-state index contributed by atoms with van der Waals surface area (Å²) < 4.78 is 5.30. The van der Waals surface area contributed by atoms with Crippen molar-refractivity contribution >= 4 is 40.8 Å². The van der Waals surface area contributed by atoms with E-state index in [0.717, 1.165) is 13.0 Å². The second kappa shape index (κ2) is 9.59. The number of hydrogen-bond acceptors (Lipinski definition) is 4. The monoisotopic (exact) mass is 505 g/mol. The van der Waals surface area contributed by atoms with Crippen LogP contribution >= 0.6 is 24.0 Å². The molecular weight excluding hydrogens is 481 g/mol. The Morgan fingerprint density at radius 3 is 2.83 bits per heavy atom. The number of benzene rings is 1. The SMILES string of the molecule is CN=C(NCCc1c(C)[nH]c2ccccc12)NCc1nc(-c2ccco2)n[nH]1.I. The molecule has 0 spiro atoms. The lowest BCUT2D eigenvalue weighted by atomic mass is 10.1. The molecule has 0 radical (unpaired) electrons. The highest BCUT2D eigenvalue weighted by atomic mass is 127. The summed E-state index contributed by atoms with van der Waals surface area (Å²) in [7, 11) is 1.75. The highest BCUT2D eigenvalue weighted by Crippen LogP contribution is 2.21. The number of H-pyrrole nitrogens is 2. The minimum atomic E-state index is 0. The Balaban J connectivity index is 0.00000240. The second-order valence-corrected chi connectivity index (χ2v) is 6.46. The van der Waals surface area contributed by atoms with Gasteiger partial charge in [-0.15, -0.1) is 29.1 Å². The summed E-state index contributed by atoms with van der Waals surface area (Å²) in [6.45, 7) is 3.37. The van der Waals surface area contributed by atoms with Crippen molar-refractivity contribution in [1.29, 1.82) is 0 Å². The van der Waals surface area contributed by atoms with Crippen molar-refractivity contribution < 1.29 is 4.42 Å². The maximum atomic E-state index is 5.30. The van der Waals surface area contributed by atoms with E-state index in [1.54, 1.807) is 13.3 Å². The van der Waals surface area contributed by atoms with Crippen LogP contribution in [-0.2, 0) is 13.0 Å². The molecule has 0 aliphatic carbocycles. The van der Waals surface area contributed by atoms with Gasteiger partial charge in [0.05, 0.1) is 12.8 Å². The lowest BCUT2D eigenvalue weighted by molar-refractivity contribution is 0.577. The molecule has 0 aliphatic heterocycles. The van der Waals surface area contributed by atoms with E-state index < -0.39 is 0 Å². The Labute approximate surface area is 185 Å². The molecule has 0 aliphatic rings. The molecule has 0 saturated heterocycles. The van der Waals surface area contributed by atoms with E-state index in [1.165, 1.54) is 22.2 Å². The number of nitrogens with zero attached hydrogens (tertiary/aromatic N) is 3. The average Bonchev–Trinajstić information content (AvgIpc) is 3.44. The van der Waals surface area contributed by atoms with Crippen molar-refractivity contribution in [3.63, 3.8) is 0 Å². The number of aromatic amines is 2. The Hall–Kier alpha value is -2.82. The fourth-order valence-electron chi connectivity index (χ4n) is 3.24. The number of fused-ring (bicyclic) bond motifs is 1. The van der Waals surface area contributed by atoms with E-state index in [9.17, 15) is 0 Å². The number of aryl methyl sites for hydroxylation is 1. The van der Waals surface area contributed by atoms with Crippen molar-refractivity contribution in [2.24, 2.45) is 4.99 Å². The second-order valence-electron chi connectivity index (χ2n) is 6.46. The highest BCUT2D eigenvalue weighted by molar-refractivity contribution is 14.0. The first-order chi connectivity index (χ1) is 13.7. The van der Waals surface area contributed by atoms with Crippen molar-refractivity contribution in [3.05, 3.63) is 59.7 Å². The van der Waals surface area contributed by atoms with Crippen LogP contribution < -0.4 is 10.6 Å². The lowest BCUT2D eigenvalue weighted by Gasteiger charge is -2.11. The van der Waals surface area contributed by atoms with E-state index in [1.807, 2.05) is 18.2 Å². The van der Waals surface area contributed by atoms with Crippen LogP contribution in [0.2, 0.25) is 0 Å². The van der Waals surface area contributed by atoms with Crippen LogP contribution in [0.25, 0.3) is 22.5 Å². The van der Waals surface area contributed by atoms with Gasteiger partial charge in [0.1, 0.15) is 5.82 Å². The zero-order valence-electron chi connectivity index (χ0n) is 16.3. The van der Waals surface area contributed by atoms with Gasteiger partial charge in [-0.3, -0.25) is 10.1 Å². The van der Waals surface area contributed by atoms with Crippen LogP contribution in [-0.4, -0.2) is 39.7 Å². The van der Waals surface area contributed by atoms with Gasteiger partial charge in [0.15, 0.2) is 11.7 Å². The molecule has 1 aromatic carbocycles. The molecule has 0 bridgehead atoms. The first-order valence-electron chi connectivity index (χ1n) is 9.20. The van der Waals surface area contributed by atoms with Crippen molar-refractivity contribution in [3.8, 4) is 11.6 Å². The molecular formula is C20H24IN7O.